The van der Waals surface area contributed by atoms with Gasteiger partial charge in [0.1, 0.15) is 11.6 Å². The first kappa shape index (κ1) is 20.2. The Balaban J connectivity index is 2.00. The lowest BCUT2D eigenvalue weighted by molar-refractivity contribution is -0.135. The van der Waals surface area contributed by atoms with E-state index in [0.717, 1.165) is 24.1 Å². The molecule has 1 heterocycles. The third kappa shape index (κ3) is 3.99. The number of hydrogen-bond donors (Lipinski definition) is 1. The van der Waals surface area contributed by atoms with Gasteiger partial charge >= 0.3 is 0 Å². The first-order chi connectivity index (χ1) is 13.5. The van der Waals surface area contributed by atoms with E-state index in [0.29, 0.717) is 5.57 Å². The lowest BCUT2D eigenvalue weighted by atomic mass is 9.97. The molecule has 0 spiro atoms. The van der Waals surface area contributed by atoms with Crippen LogP contribution in [0.3, 0.4) is 0 Å². The summed E-state index contributed by atoms with van der Waals surface area (Å²) in [7, 11) is 1.78. The van der Waals surface area contributed by atoms with Crippen LogP contribution >= 0.6 is 0 Å². The van der Waals surface area contributed by atoms with Gasteiger partial charge in [0, 0.05) is 12.1 Å². The molecule has 2 aromatic rings. The van der Waals surface area contributed by atoms with Gasteiger partial charge in [-0.05, 0) is 42.3 Å². The molecular formula is C23H26F2N2O. The number of hydrogen-bond acceptors (Lipinski definition) is 2. The van der Waals surface area contributed by atoms with Gasteiger partial charge in [-0.15, -0.1) is 0 Å². The van der Waals surface area contributed by atoms with Crippen LogP contribution in [0.2, 0.25) is 0 Å². The zero-order valence-corrected chi connectivity index (χ0v) is 16.5. The highest BCUT2D eigenvalue weighted by molar-refractivity contribution is 5.87. The molecule has 5 heteroatoms. The first-order valence-electron chi connectivity index (χ1n) is 9.65. The SMILES string of the molecule is CC[C@H](C)[C@H](NC)C(=O)N1CC(c2cc(F)ccc2F)=CC1c1ccccc1. The third-order valence-corrected chi connectivity index (χ3v) is 5.52. The average Bonchev–Trinajstić information content (AvgIpc) is 3.16. The molecule has 0 aliphatic carbocycles. The van der Waals surface area contributed by atoms with Gasteiger partial charge in [0.15, 0.2) is 0 Å². The second-order valence-corrected chi connectivity index (χ2v) is 7.29. The zero-order valence-electron chi connectivity index (χ0n) is 16.5. The molecule has 1 aliphatic rings. The van der Waals surface area contributed by atoms with Crippen molar-refractivity contribution in [1.82, 2.24) is 10.2 Å². The maximum atomic E-state index is 14.4. The van der Waals surface area contributed by atoms with E-state index in [1.807, 2.05) is 50.3 Å². The Hall–Kier alpha value is -2.53. The Morgan fingerprint density at radius 3 is 2.57 bits per heavy atom. The van der Waals surface area contributed by atoms with E-state index >= 15 is 0 Å². The van der Waals surface area contributed by atoms with Gasteiger partial charge in [0.05, 0.1) is 12.1 Å². The van der Waals surface area contributed by atoms with Crippen LogP contribution in [0.15, 0.2) is 54.6 Å². The summed E-state index contributed by atoms with van der Waals surface area (Å²) in [4.78, 5) is 15.1. The summed E-state index contributed by atoms with van der Waals surface area (Å²) in [6, 6.07) is 12.4. The van der Waals surface area contributed by atoms with Crippen molar-refractivity contribution in [1.29, 1.82) is 0 Å². The molecule has 148 valence electrons. The van der Waals surface area contributed by atoms with Gasteiger partial charge < -0.3 is 10.2 Å². The van der Waals surface area contributed by atoms with E-state index in [1.165, 1.54) is 6.07 Å². The summed E-state index contributed by atoms with van der Waals surface area (Å²) in [5, 5.41) is 3.13. The van der Waals surface area contributed by atoms with Crippen LogP contribution < -0.4 is 5.32 Å². The summed E-state index contributed by atoms with van der Waals surface area (Å²) in [6.07, 6.45) is 2.73. The number of benzene rings is 2. The van der Waals surface area contributed by atoms with Crippen LogP contribution in [0.1, 0.15) is 37.4 Å². The number of likely N-dealkylation sites (N-methyl/N-ethyl adjacent to an activating group) is 1. The van der Waals surface area contributed by atoms with E-state index in [2.05, 4.69) is 5.32 Å². The predicted octanol–water partition coefficient (Wildman–Crippen LogP) is 4.57. The second-order valence-electron chi connectivity index (χ2n) is 7.29. The van der Waals surface area contributed by atoms with Crippen LogP contribution in [0.4, 0.5) is 8.78 Å². The van der Waals surface area contributed by atoms with Crippen LogP contribution in [-0.4, -0.2) is 30.4 Å². The minimum Gasteiger partial charge on any atom is -0.326 e. The van der Waals surface area contributed by atoms with Crippen LogP contribution in [0, 0.1) is 17.6 Å². The molecule has 2 aromatic carbocycles. The van der Waals surface area contributed by atoms with Gasteiger partial charge in [-0.2, -0.15) is 0 Å². The van der Waals surface area contributed by atoms with E-state index in [9.17, 15) is 13.6 Å². The Kier molecular flexibility index (Phi) is 6.25. The second kappa shape index (κ2) is 8.65. The fourth-order valence-corrected chi connectivity index (χ4v) is 3.74. The number of rotatable bonds is 6. The fourth-order valence-electron chi connectivity index (χ4n) is 3.74. The Bertz CT molecular complexity index is 866. The first-order valence-corrected chi connectivity index (χ1v) is 9.65. The predicted molar refractivity (Wildman–Crippen MR) is 108 cm³/mol. The largest absolute Gasteiger partial charge is 0.326 e. The van der Waals surface area contributed by atoms with Gasteiger partial charge in [0.2, 0.25) is 5.91 Å². The number of nitrogens with one attached hydrogen (secondary N) is 1. The Labute approximate surface area is 165 Å². The minimum absolute atomic E-state index is 0.0336. The molecule has 1 aliphatic heterocycles. The normalized spacial score (nSPS) is 18.7. The van der Waals surface area contributed by atoms with Crippen molar-refractivity contribution in [3.05, 3.63) is 77.4 Å². The Morgan fingerprint density at radius 2 is 1.93 bits per heavy atom. The van der Waals surface area contributed by atoms with Crippen molar-refractivity contribution >= 4 is 11.5 Å². The smallest absolute Gasteiger partial charge is 0.241 e. The molecule has 0 saturated carbocycles. The molecule has 0 aromatic heterocycles. The lowest BCUT2D eigenvalue weighted by Crippen LogP contribution is -2.48. The van der Waals surface area contributed by atoms with E-state index in [4.69, 9.17) is 0 Å². The topological polar surface area (TPSA) is 32.3 Å². The summed E-state index contributed by atoms with van der Waals surface area (Å²) in [6.45, 7) is 4.33. The molecule has 3 atom stereocenters. The number of nitrogens with zero attached hydrogens (tertiary/aromatic N) is 1. The molecule has 1 amide bonds. The summed E-state index contributed by atoms with van der Waals surface area (Å²) >= 11 is 0. The maximum Gasteiger partial charge on any atom is 0.241 e. The standard InChI is InChI=1S/C23H26F2N2O/c1-4-15(2)22(26-3)23(28)27-14-17(19-13-18(24)10-11-20(19)25)12-21(27)16-8-6-5-7-9-16/h5-13,15,21-22,26H,4,14H2,1-3H3/t15-,21?,22-/m0/s1. The molecule has 0 saturated heterocycles. The number of carbonyl (C=O) groups excluding carboxylic acids is 1. The van der Waals surface area contributed by atoms with E-state index < -0.39 is 11.6 Å². The monoisotopic (exact) mass is 384 g/mol. The molecule has 3 nitrogen and oxygen atoms in total. The Morgan fingerprint density at radius 1 is 1.21 bits per heavy atom. The van der Waals surface area contributed by atoms with Crippen molar-refractivity contribution in [2.75, 3.05) is 13.6 Å². The van der Waals surface area contributed by atoms with Crippen molar-refractivity contribution in [3.63, 3.8) is 0 Å². The van der Waals surface area contributed by atoms with Gasteiger partial charge in [-0.1, -0.05) is 56.7 Å². The molecule has 1 unspecified atom stereocenters. The molecule has 0 bridgehead atoms. The third-order valence-electron chi connectivity index (χ3n) is 5.52. The van der Waals surface area contributed by atoms with Crippen molar-refractivity contribution < 1.29 is 13.6 Å². The highest BCUT2D eigenvalue weighted by Crippen LogP contribution is 2.36. The number of amides is 1. The molecular weight excluding hydrogens is 358 g/mol. The highest BCUT2D eigenvalue weighted by Gasteiger charge is 2.36. The summed E-state index contributed by atoms with van der Waals surface area (Å²) < 4.78 is 28.1. The quantitative estimate of drug-likeness (QED) is 0.792. The molecule has 0 radical (unpaired) electrons. The van der Waals surface area contributed by atoms with Crippen LogP contribution in [-0.2, 0) is 4.79 Å². The number of halogens is 2. The summed E-state index contributed by atoms with van der Waals surface area (Å²) in [5.41, 5.74) is 1.78. The van der Waals surface area contributed by atoms with Gasteiger partial charge in [-0.3, -0.25) is 4.79 Å². The summed E-state index contributed by atoms with van der Waals surface area (Å²) in [5.74, 6) is -0.857. The van der Waals surface area contributed by atoms with Crippen LogP contribution in [0.25, 0.3) is 5.57 Å². The zero-order chi connectivity index (χ0) is 20.3. The molecule has 28 heavy (non-hydrogen) atoms. The fraction of sp³-hybridized carbons (Fsp3) is 0.348. The lowest BCUT2D eigenvalue weighted by Gasteiger charge is -2.31. The minimum atomic E-state index is -0.494. The molecule has 3 rings (SSSR count). The van der Waals surface area contributed by atoms with E-state index in [1.54, 1.807) is 11.9 Å². The van der Waals surface area contributed by atoms with Gasteiger partial charge in [-0.25, -0.2) is 8.78 Å². The molecule has 0 fully saturated rings. The van der Waals surface area contributed by atoms with Crippen molar-refractivity contribution in [2.24, 2.45) is 5.92 Å². The van der Waals surface area contributed by atoms with Crippen LogP contribution in [0.5, 0.6) is 0 Å². The maximum absolute atomic E-state index is 14.4. The average molecular weight is 384 g/mol. The van der Waals surface area contributed by atoms with Crippen molar-refractivity contribution in [2.45, 2.75) is 32.4 Å². The van der Waals surface area contributed by atoms with E-state index in [-0.39, 0.29) is 36.0 Å². The highest BCUT2D eigenvalue weighted by atomic mass is 19.1. The van der Waals surface area contributed by atoms with Crippen molar-refractivity contribution in [3.8, 4) is 0 Å². The number of carbonyl (C=O) groups is 1. The van der Waals surface area contributed by atoms with Gasteiger partial charge in [0.25, 0.3) is 0 Å². The molecule has 1 N–H and O–H groups in total.